The summed E-state index contributed by atoms with van der Waals surface area (Å²) in [6, 6.07) is 26.1. The molecule has 0 radical (unpaired) electrons. The van der Waals surface area contributed by atoms with Crippen LogP contribution in [0.1, 0.15) is 32.6 Å². The number of aryl methyl sites for hydroxylation is 3. The molecule has 0 fully saturated rings. The highest BCUT2D eigenvalue weighted by molar-refractivity contribution is 7.92. The molecule has 0 bridgehead atoms. The topological polar surface area (TPSA) is 75.7 Å². The maximum absolute atomic E-state index is 13.9. The smallest absolute Gasteiger partial charge is 0.264 e. The summed E-state index contributed by atoms with van der Waals surface area (Å²) in [6.45, 7) is 6.49. The molecule has 1 amide bonds. The van der Waals surface area contributed by atoms with E-state index in [1.54, 1.807) is 72.8 Å². The van der Waals surface area contributed by atoms with Crippen molar-refractivity contribution in [3.05, 3.63) is 124 Å². The Morgan fingerprint density at radius 3 is 2.26 bits per heavy atom. The number of hydrogen-bond acceptors (Lipinski definition) is 4. The number of anilines is 1. The predicted octanol–water partition coefficient (Wildman–Crippen LogP) is 6.47. The molecule has 0 aromatic heterocycles. The average Bonchev–Trinajstić information content (AvgIpc) is 2.92. The highest BCUT2D eigenvalue weighted by Crippen LogP contribution is 2.30. The lowest BCUT2D eigenvalue weighted by Gasteiger charge is -2.27. The largest absolute Gasteiger partial charge is 0.492 e. The van der Waals surface area contributed by atoms with Gasteiger partial charge in [-0.05, 0) is 86.0 Å². The number of nitrogens with zero attached hydrogens (tertiary/aromatic N) is 1. The van der Waals surface area contributed by atoms with Gasteiger partial charge in [0, 0.05) is 5.02 Å². The van der Waals surface area contributed by atoms with Gasteiger partial charge in [0.15, 0.2) is 0 Å². The summed E-state index contributed by atoms with van der Waals surface area (Å²) in [4.78, 5) is 13.4. The third kappa shape index (κ3) is 6.99. The van der Waals surface area contributed by atoms with Gasteiger partial charge in [0.2, 0.25) is 0 Å². The molecule has 202 valence electrons. The van der Waals surface area contributed by atoms with Crippen molar-refractivity contribution in [3.8, 4) is 5.75 Å². The molecule has 0 aliphatic heterocycles. The molecular weight excluding hydrogens is 532 g/mol. The number of para-hydroxylation sites is 1. The summed E-state index contributed by atoms with van der Waals surface area (Å²) in [5.74, 6) is 0.334. The lowest BCUT2D eigenvalue weighted by molar-refractivity contribution is 0.0947. The van der Waals surface area contributed by atoms with E-state index in [0.717, 1.165) is 22.4 Å². The maximum Gasteiger partial charge on any atom is 0.264 e. The van der Waals surface area contributed by atoms with Crippen molar-refractivity contribution in [2.45, 2.75) is 32.2 Å². The first-order valence-corrected chi connectivity index (χ1v) is 14.4. The molecule has 39 heavy (non-hydrogen) atoms. The zero-order valence-corrected chi connectivity index (χ0v) is 23.7. The molecule has 1 N–H and O–H groups in total. The van der Waals surface area contributed by atoms with Crippen LogP contribution in [0.5, 0.6) is 5.75 Å². The number of benzene rings is 4. The Morgan fingerprint density at radius 2 is 1.56 bits per heavy atom. The third-order valence-electron chi connectivity index (χ3n) is 6.40. The second kappa shape index (κ2) is 12.4. The summed E-state index contributed by atoms with van der Waals surface area (Å²) < 4.78 is 34.9. The fraction of sp³-hybridized carbons (Fsp3) is 0.194. The summed E-state index contributed by atoms with van der Waals surface area (Å²) in [5, 5.41) is 3.41. The number of nitrogens with one attached hydrogen (secondary N) is 1. The molecule has 4 aromatic rings. The summed E-state index contributed by atoms with van der Waals surface area (Å²) >= 11 is 6.05. The number of carbonyl (C=O) groups excluding carboxylic acids is 1. The summed E-state index contributed by atoms with van der Waals surface area (Å²) in [5.41, 5.74) is 4.50. The van der Waals surface area contributed by atoms with Crippen molar-refractivity contribution in [1.29, 1.82) is 0 Å². The molecule has 4 aromatic carbocycles. The van der Waals surface area contributed by atoms with Crippen molar-refractivity contribution in [2.24, 2.45) is 0 Å². The minimum atomic E-state index is -4.01. The number of rotatable bonds is 10. The molecule has 0 saturated carbocycles. The molecule has 0 heterocycles. The van der Waals surface area contributed by atoms with Crippen molar-refractivity contribution >= 4 is 33.2 Å². The standard InChI is InChI=1S/C31H31ClN2O4S/c1-22-8-16-28(17-9-22)39(36,37)34(21-25-11-13-26(32)14-12-25)30-7-5-4-6-29(30)31(35)33-18-19-38-27-15-10-23(2)24(3)20-27/h4-17,20H,18-19,21H2,1-3H3,(H,33,35). The van der Waals surface area contributed by atoms with Crippen molar-refractivity contribution in [3.63, 3.8) is 0 Å². The van der Waals surface area contributed by atoms with Crippen LogP contribution in [0.4, 0.5) is 5.69 Å². The molecule has 0 spiro atoms. The van der Waals surface area contributed by atoms with E-state index in [1.165, 1.54) is 9.87 Å². The molecule has 0 saturated heterocycles. The average molecular weight is 563 g/mol. The van der Waals surface area contributed by atoms with Gasteiger partial charge >= 0.3 is 0 Å². The maximum atomic E-state index is 13.9. The van der Waals surface area contributed by atoms with Gasteiger partial charge in [-0.1, -0.05) is 59.6 Å². The lowest BCUT2D eigenvalue weighted by atomic mass is 10.1. The van der Waals surface area contributed by atoms with Gasteiger partial charge in [-0.25, -0.2) is 8.42 Å². The minimum Gasteiger partial charge on any atom is -0.492 e. The Balaban J connectivity index is 1.59. The molecule has 0 aliphatic carbocycles. The van der Waals surface area contributed by atoms with Crippen LogP contribution in [0, 0.1) is 20.8 Å². The fourth-order valence-corrected chi connectivity index (χ4v) is 5.61. The first-order valence-electron chi connectivity index (χ1n) is 12.6. The Hall–Kier alpha value is -3.81. The normalized spacial score (nSPS) is 11.2. The van der Waals surface area contributed by atoms with Gasteiger partial charge in [-0.3, -0.25) is 9.10 Å². The van der Waals surface area contributed by atoms with E-state index in [2.05, 4.69) is 5.32 Å². The summed E-state index contributed by atoms with van der Waals surface area (Å²) in [6.07, 6.45) is 0. The van der Waals surface area contributed by atoms with Crippen LogP contribution in [0.2, 0.25) is 5.02 Å². The summed E-state index contributed by atoms with van der Waals surface area (Å²) in [7, 11) is -4.01. The highest BCUT2D eigenvalue weighted by Gasteiger charge is 2.28. The lowest BCUT2D eigenvalue weighted by Crippen LogP contribution is -2.34. The zero-order valence-electron chi connectivity index (χ0n) is 22.1. The minimum absolute atomic E-state index is 0.0214. The molecular formula is C31H31ClN2O4S. The number of carbonyl (C=O) groups is 1. The van der Waals surface area contributed by atoms with Crippen LogP contribution in [0.3, 0.4) is 0 Å². The van der Waals surface area contributed by atoms with Crippen LogP contribution >= 0.6 is 11.6 Å². The fourth-order valence-electron chi connectivity index (χ4n) is 4.01. The Kier molecular flexibility index (Phi) is 8.94. The van der Waals surface area contributed by atoms with Gasteiger partial charge in [0.1, 0.15) is 12.4 Å². The van der Waals surface area contributed by atoms with Gasteiger partial charge in [0.05, 0.1) is 29.2 Å². The zero-order chi connectivity index (χ0) is 28.0. The molecule has 8 heteroatoms. The third-order valence-corrected chi connectivity index (χ3v) is 8.43. The number of sulfonamides is 1. The van der Waals surface area contributed by atoms with Gasteiger partial charge < -0.3 is 10.1 Å². The van der Waals surface area contributed by atoms with Crippen LogP contribution in [0.15, 0.2) is 95.9 Å². The quantitative estimate of drug-likeness (QED) is 0.225. The molecule has 4 rings (SSSR count). The molecule has 6 nitrogen and oxygen atoms in total. The second-order valence-corrected chi connectivity index (χ2v) is 11.6. The van der Waals surface area contributed by atoms with E-state index in [1.807, 2.05) is 39.0 Å². The number of amides is 1. The van der Waals surface area contributed by atoms with Crippen LogP contribution in [0.25, 0.3) is 0 Å². The van der Waals surface area contributed by atoms with E-state index in [0.29, 0.717) is 5.02 Å². The second-order valence-electron chi connectivity index (χ2n) is 9.32. The molecule has 0 unspecified atom stereocenters. The number of hydrogen-bond donors (Lipinski definition) is 1. The molecule has 0 aliphatic rings. The van der Waals surface area contributed by atoms with Crippen LogP contribution in [-0.4, -0.2) is 27.5 Å². The Labute approximate surface area is 235 Å². The van der Waals surface area contributed by atoms with E-state index in [-0.39, 0.29) is 35.8 Å². The van der Waals surface area contributed by atoms with Gasteiger partial charge in [-0.15, -0.1) is 0 Å². The van der Waals surface area contributed by atoms with Gasteiger partial charge in [0.25, 0.3) is 15.9 Å². The number of ether oxygens (including phenoxy) is 1. The Bertz CT molecular complexity index is 1550. The van der Waals surface area contributed by atoms with E-state index in [4.69, 9.17) is 16.3 Å². The van der Waals surface area contributed by atoms with E-state index in [9.17, 15) is 13.2 Å². The Morgan fingerprint density at radius 1 is 0.872 bits per heavy atom. The SMILES string of the molecule is Cc1ccc(S(=O)(=O)N(Cc2ccc(Cl)cc2)c2ccccc2C(=O)NCCOc2ccc(C)c(C)c2)cc1. The first kappa shape index (κ1) is 28.2. The first-order chi connectivity index (χ1) is 18.6. The van der Waals surface area contributed by atoms with E-state index >= 15 is 0 Å². The van der Waals surface area contributed by atoms with Crippen molar-refractivity contribution < 1.29 is 17.9 Å². The monoisotopic (exact) mass is 562 g/mol. The highest BCUT2D eigenvalue weighted by atomic mass is 35.5. The van der Waals surface area contributed by atoms with Gasteiger partial charge in [-0.2, -0.15) is 0 Å². The van der Waals surface area contributed by atoms with Crippen LogP contribution < -0.4 is 14.4 Å². The molecule has 0 atom stereocenters. The predicted molar refractivity (Wildman–Crippen MR) is 156 cm³/mol. The van der Waals surface area contributed by atoms with E-state index < -0.39 is 15.9 Å². The van der Waals surface area contributed by atoms with Crippen LogP contribution in [-0.2, 0) is 16.6 Å². The van der Waals surface area contributed by atoms with Crippen molar-refractivity contribution in [2.75, 3.05) is 17.5 Å². The van der Waals surface area contributed by atoms with Crippen molar-refractivity contribution in [1.82, 2.24) is 5.32 Å². The number of halogens is 1.